The number of allylic oxidation sites excluding steroid dienone is 6. The first-order valence-electron chi connectivity index (χ1n) is 6.33. The van der Waals surface area contributed by atoms with E-state index in [1.54, 1.807) is 0 Å². The summed E-state index contributed by atoms with van der Waals surface area (Å²) >= 11 is 1.92. The Morgan fingerprint density at radius 2 is 1.94 bits per heavy atom. The van der Waals surface area contributed by atoms with Crippen molar-refractivity contribution in [2.75, 3.05) is 6.54 Å². The van der Waals surface area contributed by atoms with Gasteiger partial charge in [0.1, 0.15) is 0 Å². The van der Waals surface area contributed by atoms with Gasteiger partial charge in [0.05, 0.1) is 11.4 Å². The molecule has 1 nitrogen and oxygen atoms in total. The Balaban J connectivity index is 2.06. The number of hydrogen-bond acceptors (Lipinski definition) is 2. The summed E-state index contributed by atoms with van der Waals surface area (Å²) in [6.45, 7) is 3.28. The summed E-state index contributed by atoms with van der Waals surface area (Å²) in [7, 11) is 0. The fourth-order valence-electron chi connectivity index (χ4n) is 2.49. The molecule has 0 saturated carbocycles. The van der Waals surface area contributed by atoms with E-state index in [1.807, 2.05) is 11.8 Å². The third-order valence-corrected chi connectivity index (χ3v) is 4.45. The van der Waals surface area contributed by atoms with Crippen molar-refractivity contribution in [3.8, 4) is 0 Å². The molecule has 3 rings (SSSR count). The summed E-state index contributed by atoms with van der Waals surface area (Å²) in [5.41, 5.74) is 2.82. The maximum Gasteiger partial charge on any atom is 0.0515 e. The second kappa shape index (κ2) is 4.61. The minimum atomic E-state index is 1.04. The summed E-state index contributed by atoms with van der Waals surface area (Å²) in [6.07, 6.45) is 17.2. The molecular weight excluding hydrogens is 226 g/mol. The predicted octanol–water partition coefficient (Wildman–Crippen LogP) is 4.34. The van der Waals surface area contributed by atoms with Gasteiger partial charge < -0.3 is 4.90 Å². The van der Waals surface area contributed by atoms with Crippen molar-refractivity contribution in [2.45, 2.75) is 26.2 Å². The summed E-state index contributed by atoms with van der Waals surface area (Å²) in [6, 6.07) is 0. The average Bonchev–Trinajstić information content (AvgIpc) is 2.60. The molecule has 1 aliphatic heterocycles. The van der Waals surface area contributed by atoms with Crippen LogP contribution in [0.25, 0.3) is 0 Å². The normalized spacial score (nSPS) is 22.8. The SMILES string of the molecule is CCN1C2=CCC=CC=C2SC2=CCCC=C21. The molecule has 1 saturated heterocycles. The molecule has 0 aromatic rings. The van der Waals surface area contributed by atoms with Crippen molar-refractivity contribution >= 4 is 11.8 Å². The molecule has 0 bridgehead atoms. The quantitative estimate of drug-likeness (QED) is 0.674. The van der Waals surface area contributed by atoms with E-state index in [2.05, 4.69) is 48.3 Å². The first kappa shape index (κ1) is 11.0. The van der Waals surface area contributed by atoms with E-state index in [9.17, 15) is 0 Å². The molecule has 0 N–H and O–H groups in total. The van der Waals surface area contributed by atoms with Crippen molar-refractivity contribution in [1.82, 2.24) is 4.90 Å². The lowest BCUT2D eigenvalue weighted by atomic mass is 10.1. The predicted molar refractivity (Wildman–Crippen MR) is 75.3 cm³/mol. The highest BCUT2D eigenvalue weighted by Gasteiger charge is 2.27. The number of likely N-dealkylation sites (N-methyl/N-ethyl adjacent to an activating group) is 1. The van der Waals surface area contributed by atoms with Crippen LogP contribution in [0.2, 0.25) is 0 Å². The standard InChI is InChI=1S/C15H17NS/c1-2-16-12-8-4-3-5-10-14(12)17-15-11-7-6-9-13(15)16/h3,5,8-11H,2,4,6-7H2,1H3. The molecule has 0 radical (unpaired) electrons. The van der Waals surface area contributed by atoms with E-state index in [-0.39, 0.29) is 0 Å². The second-order valence-corrected chi connectivity index (χ2v) is 5.45. The molecule has 2 aliphatic carbocycles. The van der Waals surface area contributed by atoms with E-state index in [0.717, 1.165) is 13.0 Å². The number of fused-ring (bicyclic) bond motifs is 2. The van der Waals surface area contributed by atoms with Crippen LogP contribution in [-0.4, -0.2) is 11.4 Å². The zero-order valence-corrected chi connectivity index (χ0v) is 11.0. The molecule has 0 unspecified atom stereocenters. The smallest absolute Gasteiger partial charge is 0.0515 e. The molecule has 1 heterocycles. The first-order valence-corrected chi connectivity index (χ1v) is 7.15. The highest BCUT2D eigenvalue weighted by atomic mass is 32.2. The third kappa shape index (κ3) is 1.91. The zero-order valence-electron chi connectivity index (χ0n) is 10.1. The van der Waals surface area contributed by atoms with Gasteiger partial charge in [0.2, 0.25) is 0 Å². The number of hydrogen-bond donors (Lipinski definition) is 0. The fourth-order valence-corrected chi connectivity index (χ4v) is 3.68. The molecular formula is C15H17NS. The van der Waals surface area contributed by atoms with Crippen LogP contribution in [0.15, 0.2) is 57.7 Å². The number of rotatable bonds is 1. The van der Waals surface area contributed by atoms with E-state index >= 15 is 0 Å². The van der Waals surface area contributed by atoms with Crippen molar-refractivity contribution in [3.05, 3.63) is 57.7 Å². The van der Waals surface area contributed by atoms with Gasteiger partial charge in [0.25, 0.3) is 0 Å². The minimum Gasteiger partial charge on any atom is -0.340 e. The summed E-state index contributed by atoms with van der Waals surface area (Å²) in [5, 5.41) is 0. The van der Waals surface area contributed by atoms with Crippen LogP contribution in [0.3, 0.4) is 0 Å². The highest BCUT2D eigenvalue weighted by molar-refractivity contribution is 8.07. The van der Waals surface area contributed by atoms with E-state index in [4.69, 9.17) is 0 Å². The number of nitrogens with zero attached hydrogens (tertiary/aromatic N) is 1. The lowest BCUT2D eigenvalue weighted by Gasteiger charge is -2.37. The van der Waals surface area contributed by atoms with Gasteiger partial charge in [0, 0.05) is 16.4 Å². The third-order valence-electron chi connectivity index (χ3n) is 3.29. The van der Waals surface area contributed by atoms with Crippen molar-refractivity contribution in [3.63, 3.8) is 0 Å². The van der Waals surface area contributed by atoms with Gasteiger partial charge in [-0.2, -0.15) is 0 Å². The van der Waals surface area contributed by atoms with Crippen molar-refractivity contribution < 1.29 is 0 Å². The van der Waals surface area contributed by atoms with Crippen LogP contribution in [-0.2, 0) is 0 Å². The lowest BCUT2D eigenvalue weighted by molar-refractivity contribution is 0.465. The monoisotopic (exact) mass is 243 g/mol. The van der Waals surface area contributed by atoms with Crippen molar-refractivity contribution in [1.29, 1.82) is 0 Å². The molecule has 0 aromatic heterocycles. The maximum absolute atomic E-state index is 2.46. The average molecular weight is 243 g/mol. The topological polar surface area (TPSA) is 3.24 Å². The van der Waals surface area contributed by atoms with Gasteiger partial charge in [-0.1, -0.05) is 42.1 Å². The van der Waals surface area contributed by atoms with Gasteiger partial charge in [-0.15, -0.1) is 0 Å². The van der Waals surface area contributed by atoms with Gasteiger partial charge in [-0.05, 0) is 32.3 Å². The van der Waals surface area contributed by atoms with Crippen LogP contribution in [0.5, 0.6) is 0 Å². The Bertz CT molecular complexity index is 477. The van der Waals surface area contributed by atoms with Gasteiger partial charge in [-0.25, -0.2) is 0 Å². The van der Waals surface area contributed by atoms with Gasteiger partial charge >= 0.3 is 0 Å². The van der Waals surface area contributed by atoms with E-state index < -0.39 is 0 Å². The Kier molecular flexibility index (Phi) is 2.98. The molecule has 88 valence electrons. The molecule has 0 spiro atoms. The lowest BCUT2D eigenvalue weighted by Crippen LogP contribution is -2.27. The van der Waals surface area contributed by atoms with Gasteiger partial charge in [-0.3, -0.25) is 0 Å². The van der Waals surface area contributed by atoms with Crippen LogP contribution in [0.1, 0.15) is 26.2 Å². The zero-order chi connectivity index (χ0) is 11.7. The summed E-state index contributed by atoms with van der Waals surface area (Å²) in [5.74, 6) is 0. The second-order valence-electron chi connectivity index (χ2n) is 4.37. The molecule has 0 amide bonds. The fraction of sp³-hybridized carbons (Fsp3) is 0.333. The Labute approximate surface area is 107 Å². The molecule has 17 heavy (non-hydrogen) atoms. The Morgan fingerprint density at radius 3 is 2.82 bits per heavy atom. The van der Waals surface area contributed by atoms with E-state index in [1.165, 1.54) is 34.0 Å². The first-order chi connectivity index (χ1) is 8.40. The molecule has 3 aliphatic rings. The largest absolute Gasteiger partial charge is 0.340 e. The highest BCUT2D eigenvalue weighted by Crippen LogP contribution is 2.46. The van der Waals surface area contributed by atoms with Crippen LogP contribution in [0, 0.1) is 0 Å². The van der Waals surface area contributed by atoms with Crippen LogP contribution in [0.4, 0.5) is 0 Å². The summed E-state index contributed by atoms with van der Waals surface area (Å²) in [4.78, 5) is 5.29. The van der Waals surface area contributed by atoms with Crippen LogP contribution < -0.4 is 0 Å². The molecule has 0 atom stereocenters. The van der Waals surface area contributed by atoms with Crippen molar-refractivity contribution in [2.24, 2.45) is 0 Å². The van der Waals surface area contributed by atoms with Gasteiger partial charge in [0.15, 0.2) is 0 Å². The molecule has 2 heteroatoms. The van der Waals surface area contributed by atoms with E-state index in [0.29, 0.717) is 0 Å². The minimum absolute atomic E-state index is 1.04. The Morgan fingerprint density at radius 1 is 1.12 bits per heavy atom. The number of thioether (sulfide) groups is 1. The van der Waals surface area contributed by atoms with Crippen LogP contribution >= 0.6 is 11.8 Å². The molecule has 0 aromatic carbocycles. The maximum atomic E-state index is 2.46. The Hall–Kier alpha value is -1.15. The molecule has 1 fully saturated rings. The summed E-state index contributed by atoms with van der Waals surface area (Å²) < 4.78 is 0.